The molecule has 0 heterocycles. The van der Waals surface area contributed by atoms with E-state index in [0.717, 1.165) is 4.90 Å². The fourth-order valence-electron chi connectivity index (χ4n) is 3.53. The summed E-state index contributed by atoms with van der Waals surface area (Å²) in [6.45, 7) is 0. The first-order valence-electron chi connectivity index (χ1n) is 11.7. The first kappa shape index (κ1) is 26.5. The Morgan fingerprint density at radius 2 is 1.66 bits per heavy atom. The number of rotatable bonds is 9. The minimum atomic E-state index is -0.545. The van der Waals surface area contributed by atoms with Crippen molar-refractivity contribution >= 4 is 35.3 Å². The van der Waals surface area contributed by atoms with Gasteiger partial charge in [-0.25, -0.2) is 4.39 Å². The summed E-state index contributed by atoms with van der Waals surface area (Å²) < 4.78 is 19.2. The van der Waals surface area contributed by atoms with Crippen molar-refractivity contribution < 1.29 is 23.8 Å². The van der Waals surface area contributed by atoms with E-state index in [1.54, 1.807) is 66.7 Å². The normalized spacial score (nSPS) is 11.1. The van der Waals surface area contributed by atoms with Gasteiger partial charge in [0.1, 0.15) is 23.0 Å². The molecule has 0 atom stereocenters. The first-order chi connectivity index (χ1) is 18.4. The zero-order valence-electron chi connectivity index (χ0n) is 20.5. The van der Waals surface area contributed by atoms with Crippen LogP contribution in [0.2, 0.25) is 0 Å². The zero-order chi connectivity index (χ0) is 26.9. The standard InChI is InChI=1S/C30H25FN2O4S/c1-37-28-18-24(34)14-11-21(28)17-27(33-29(35)20-7-3-2-4-8-20)30(36)32-23-12-15-25(16-13-23)38-19-22-9-5-6-10-26(22)31/h2-18,34H,19H2,1H3,(H,32,36)(H,33,35)/b27-17-. The fraction of sp³-hybridized carbons (Fsp3) is 0.0667. The second-order valence-corrected chi connectivity index (χ2v) is 9.21. The molecule has 0 unspecified atom stereocenters. The first-order valence-corrected chi connectivity index (χ1v) is 12.6. The molecule has 0 aromatic heterocycles. The van der Waals surface area contributed by atoms with Crippen LogP contribution in [0.25, 0.3) is 6.08 Å². The van der Waals surface area contributed by atoms with Gasteiger partial charge in [0.25, 0.3) is 11.8 Å². The maximum absolute atomic E-state index is 13.9. The van der Waals surface area contributed by atoms with Crippen LogP contribution in [0.3, 0.4) is 0 Å². The van der Waals surface area contributed by atoms with E-state index in [1.807, 2.05) is 12.1 Å². The number of nitrogens with one attached hydrogen (secondary N) is 2. The molecule has 4 aromatic rings. The molecular weight excluding hydrogens is 503 g/mol. The van der Waals surface area contributed by atoms with E-state index >= 15 is 0 Å². The smallest absolute Gasteiger partial charge is 0.272 e. The van der Waals surface area contributed by atoms with Gasteiger partial charge in [-0.05, 0) is 66.2 Å². The molecule has 192 valence electrons. The van der Waals surface area contributed by atoms with Gasteiger partial charge >= 0.3 is 0 Å². The zero-order valence-corrected chi connectivity index (χ0v) is 21.3. The van der Waals surface area contributed by atoms with E-state index in [2.05, 4.69) is 10.6 Å². The van der Waals surface area contributed by atoms with Gasteiger partial charge < -0.3 is 20.5 Å². The number of amides is 2. The highest BCUT2D eigenvalue weighted by molar-refractivity contribution is 7.98. The molecule has 0 bridgehead atoms. The van der Waals surface area contributed by atoms with Gasteiger partial charge in [0.05, 0.1) is 7.11 Å². The van der Waals surface area contributed by atoms with Gasteiger partial charge in [-0.3, -0.25) is 9.59 Å². The SMILES string of the molecule is COc1cc(O)ccc1/C=C(\NC(=O)c1ccccc1)C(=O)Nc1ccc(SCc2ccccc2F)cc1. The molecular formula is C30H25FN2O4S. The van der Waals surface area contributed by atoms with Crippen molar-refractivity contribution in [2.75, 3.05) is 12.4 Å². The van der Waals surface area contributed by atoms with Gasteiger partial charge in [-0.1, -0.05) is 36.4 Å². The van der Waals surface area contributed by atoms with Gasteiger partial charge in [0, 0.05) is 33.5 Å². The molecule has 3 N–H and O–H groups in total. The third kappa shape index (κ3) is 7.02. The summed E-state index contributed by atoms with van der Waals surface area (Å²) in [5.74, 6) is -0.427. The largest absolute Gasteiger partial charge is 0.508 e. The number of phenols is 1. The third-order valence-electron chi connectivity index (χ3n) is 5.51. The Morgan fingerprint density at radius 3 is 2.37 bits per heavy atom. The molecule has 0 fully saturated rings. The molecule has 8 heteroatoms. The van der Waals surface area contributed by atoms with Crippen LogP contribution in [0, 0.1) is 5.82 Å². The lowest BCUT2D eigenvalue weighted by atomic mass is 10.1. The maximum Gasteiger partial charge on any atom is 0.272 e. The van der Waals surface area contributed by atoms with Crippen molar-refractivity contribution in [3.63, 3.8) is 0 Å². The summed E-state index contributed by atoms with van der Waals surface area (Å²) in [5.41, 5.74) is 2.00. The van der Waals surface area contributed by atoms with Crippen molar-refractivity contribution in [1.82, 2.24) is 5.32 Å². The molecule has 0 saturated heterocycles. The Labute approximate surface area is 224 Å². The van der Waals surface area contributed by atoms with Crippen LogP contribution in [0.5, 0.6) is 11.5 Å². The lowest BCUT2D eigenvalue weighted by molar-refractivity contribution is -0.113. The second kappa shape index (κ2) is 12.6. The number of methoxy groups -OCH3 is 1. The summed E-state index contributed by atoms with van der Waals surface area (Å²) in [4.78, 5) is 27.0. The number of anilines is 1. The summed E-state index contributed by atoms with van der Waals surface area (Å²) in [6, 6.07) is 26.8. The van der Waals surface area contributed by atoms with Gasteiger partial charge in [0.2, 0.25) is 0 Å². The fourth-order valence-corrected chi connectivity index (χ4v) is 4.41. The van der Waals surface area contributed by atoms with Crippen molar-refractivity contribution in [1.29, 1.82) is 0 Å². The van der Waals surface area contributed by atoms with E-state index < -0.39 is 11.8 Å². The molecule has 6 nitrogen and oxygen atoms in total. The van der Waals surface area contributed by atoms with Gasteiger partial charge in [-0.15, -0.1) is 11.8 Å². The number of thioether (sulfide) groups is 1. The van der Waals surface area contributed by atoms with Crippen LogP contribution >= 0.6 is 11.8 Å². The monoisotopic (exact) mass is 528 g/mol. The molecule has 0 radical (unpaired) electrons. The molecule has 0 aliphatic carbocycles. The third-order valence-corrected chi connectivity index (χ3v) is 6.57. The van der Waals surface area contributed by atoms with Crippen LogP contribution in [0.4, 0.5) is 10.1 Å². The number of ether oxygens (including phenoxy) is 1. The molecule has 4 aromatic carbocycles. The molecule has 4 rings (SSSR count). The summed E-state index contributed by atoms with van der Waals surface area (Å²) in [6.07, 6.45) is 1.48. The van der Waals surface area contributed by atoms with E-state index in [4.69, 9.17) is 4.74 Å². The molecule has 0 saturated carbocycles. The lowest BCUT2D eigenvalue weighted by Gasteiger charge is -2.13. The van der Waals surface area contributed by atoms with Crippen LogP contribution in [-0.2, 0) is 10.5 Å². The maximum atomic E-state index is 13.9. The van der Waals surface area contributed by atoms with E-state index in [1.165, 1.54) is 43.1 Å². The highest BCUT2D eigenvalue weighted by Crippen LogP contribution is 2.27. The minimum Gasteiger partial charge on any atom is -0.508 e. The number of aromatic hydroxyl groups is 1. The Bertz CT molecular complexity index is 1460. The Morgan fingerprint density at radius 1 is 0.947 bits per heavy atom. The second-order valence-electron chi connectivity index (χ2n) is 8.16. The van der Waals surface area contributed by atoms with E-state index in [0.29, 0.717) is 33.9 Å². The number of hydrogen-bond acceptors (Lipinski definition) is 5. The average molecular weight is 529 g/mol. The Balaban J connectivity index is 1.52. The number of carbonyl (C=O) groups excluding carboxylic acids is 2. The number of benzene rings is 4. The van der Waals surface area contributed by atoms with Gasteiger partial charge in [0.15, 0.2) is 0 Å². The van der Waals surface area contributed by atoms with Crippen molar-refractivity contribution in [2.45, 2.75) is 10.6 Å². The van der Waals surface area contributed by atoms with Crippen molar-refractivity contribution in [3.8, 4) is 11.5 Å². The Kier molecular flexibility index (Phi) is 8.79. The molecule has 38 heavy (non-hydrogen) atoms. The highest BCUT2D eigenvalue weighted by atomic mass is 32.2. The Hall–Kier alpha value is -4.56. The molecule has 0 spiro atoms. The van der Waals surface area contributed by atoms with Crippen LogP contribution in [0.15, 0.2) is 108 Å². The molecule has 0 aliphatic heterocycles. The molecule has 2 amide bonds. The predicted molar refractivity (Wildman–Crippen MR) is 148 cm³/mol. The number of phenolic OH excluding ortho intramolecular Hbond substituents is 1. The minimum absolute atomic E-state index is 0.00582. The van der Waals surface area contributed by atoms with Crippen LogP contribution in [-0.4, -0.2) is 24.0 Å². The van der Waals surface area contributed by atoms with E-state index in [-0.39, 0.29) is 17.3 Å². The van der Waals surface area contributed by atoms with Crippen LogP contribution < -0.4 is 15.4 Å². The summed E-state index contributed by atoms with van der Waals surface area (Å²) >= 11 is 1.48. The summed E-state index contributed by atoms with van der Waals surface area (Å²) in [7, 11) is 1.44. The number of carbonyl (C=O) groups is 2. The lowest BCUT2D eigenvalue weighted by Crippen LogP contribution is -2.30. The van der Waals surface area contributed by atoms with E-state index in [9.17, 15) is 19.1 Å². The average Bonchev–Trinajstić information content (AvgIpc) is 2.94. The van der Waals surface area contributed by atoms with Crippen molar-refractivity contribution in [2.24, 2.45) is 0 Å². The predicted octanol–water partition coefficient (Wildman–Crippen LogP) is 6.24. The highest BCUT2D eigenvalue weighted by Gasteiger charge is 2.16. The van der Waals surface area contributed by atoms with Crippen LogP contribution in [0.1, 0.15) is 21.5 Å². The summed E-state index contributed by atoms with van der Waals surface area (Å²) in [5, 5.41) is 15.2. The number of halogens is 1. The van der Waals surface area contributed by atoms with Gasteiger partial charge in [-0.2, -0.15) is 0 Å². The van der Waals surface area contributed by atoms with Crippen molar-refractivity contribution in [3.05, 3.63) is 125 Å². The number of hydrogen-bond donors (Lipinski definition) is 3. The molecule has 0 aliphatic rings. The topological polar surface area (TPSA) is 87.7 Å². The quantitative estimate of drug-likeness (QED) is 0.177.